The summed E-state index contributed by atoms with van der Waals surface area (Å²) in [6, 6.07) is 11.8. The molecule has 2 aromatic rings. The number of rotatable bonds is 4. The van der Waals surface area contributed by atoms with Gasteiger partial charge in [-0.2, -0.15) is 0 Å². The monoisotopic (exact) mass is 390 g/mol. The van der Waals surface area contributed by atoms with Gasteiger partial charge in [0, 0.05) is 10.7 Å². The van der Waals surface area contributed by atoms with E-state index in [2.05, 4.69) is 30.5 Å². The van der Waals surface area contributed by atoms with Crippen molar-refractivity contribution in [2.75, 3.05) is 18.5 Å². The molecule has 1 heterocycles. The minimum atomic E-state index is 0.0466. The highest BCUT2D eigenvalue weighted by molar-refractivity contribution is 7.80. The molecule has 4 nitrogen and oxygen atoms in total. The number of halogens is 1. The van der Waals surface area contributed by atoms with Gasteiger partial charge in [-0.1, -0.05) is 37.6 Å². The molecule has 0 aromatic heterocycles. The molecule has 2 aromatic carbocycles. The summed E-state index contributed by atoms with van der Waals surface area (Å²) < 4.78 is 11.3. The molecule has 0 radical (unpaired) electrons. The first-order valence-corrected chi connectivity index (χ1v) is 9.46. The lowest BCUT2D eigenvalue weighted by Crippen LogP contribution is -2.35. The first kappa shape index (κ1) is 18.8. The van der Waals surface area contributed by atoms with Crippen molar-refractivity contribution in [3.8, 4) is 11.5 Å². The van der Waals surface area contributed by atoms with E-state index in [0.717, 1.165) is 28.3 Å². The second-order valence-corrected chi connectivity index (χ2v) is 7.45. The van der Waals surface area contributed by atoms with Gasteiger partial charge in [-0.15, -0.1) is 0 Å². The number of hydrogen-bond acceptors (Lipinski definition) is 3. The summed E-state index contributed by atoms with van der Waals surface area (Å²) in [6.45, 7) is 7.44. The van der Waals surface area contributed by atoms with Crippen LogP contribution in [0.15, 0.2) is 36.4 Å². The minimum Gasteiger partial charge on any atom is -0.486 e. The Morgan fingerprint density at radius 3 is 2.58 bits per heavy atom. The Morgan fingerprint density at radius 2 is 1.85 bits per heavy atom. The van der Waals surface area contributed by atoms with E-state index in [1.165, 1.54) is 0 Å². The number of hydrogen-bond donors (Lipinski definition) is 2. The Morgan fingerprint density at radius 1 is 1.12 bits per heavy atom. The highest BCUT2D eigenvalue weighted by Crippen LogP contribution is 2.34. The van der Waals surface area contributed by atoms with Gasteiger partial charge in [-0.25, -0.2) is 0 Å². The fourth-order valence-corrected chi connectivity index (χ4v) is 3.34. The first-order valence-electron chi connectivity index (χ1n) is 8.68. The molecule has 0 fully saturated rings. The third kappa shape index (κ3) is 4.22. The van der Waals surface area contributed by atoms with Crippen LogP contribution in [0.25, 0.3) is 0 Å². The fraction of sp³-hybridized carbons (Fsp3) is 0.350. The van der Waals surface area contributed by atoms with Gasteiger partial charge in [0.2, 0.25) is 0 Å². The second kappa shape index (κ2) is 8.14. The van der Waals surface area contributed by atoms with Crippen LogP contribution in [0, 0.1) is 12.8 Å². The van der Waals surface area contributed by atoms with Crippen molar-refractivity contribution in [1.29, 1.82) is 0 Å². The molecule has 26 heavy (non-hydrogen) atoms. The van der Waals surface area contributed by atoms with E-state index in [1.54, 1.807) is 0 Å². The first-order chi connectivity index (χ1) is 12.5. The lowest BCUT2D eigenvalue weighted by molar-refractivity contribution is 0.171. The largest absolute Gasteiger partial charge is 0.486 e. The van der Waals surface area contributed by atoms with Gasteiger partial charge in [0.15, 0.2) is 16.6 Å². The Labute approximate surface area is 164 Å². The minimum absolute atomic E-state index is 0.0466. The van der Waals surface area contributed by atoms with Crippen LogP contribution in [0.5, 0.6) is 11.5 Å². The predicted octanol–water partition coefficient (Wildman–Crippen LogP) is 5.10. The van der Waals surface area contributed by atoms with Gasteiger partial charge < -0.3 is 20.1 Å². The zero-order valence-electron chi connectivity index (χ0n) is 15.1. The zero-order chi connectivity index (χ0) is 18.7. The number of fused-ring (bicyclic) bond motifs is 1. The SMILES string of the molecule is Cc1c(Cl)cccc1NC(=S)N[C@@H](c1ccc2c(c1)OCCO2)C(C)C. The lowest BCUT2D eigenvalue weighted by atomic mass is 9.95. The number of ether oxygens (including phenoxy) is 2. The number of benzene rings is 2. The number of nitrogens with one attached hydrogen (secondary N) is 2. The van der Waals surface area contributed by atoms with Crippen LogP contribution in [0.3, 0.4) is 0 Å². The normalized spacial score (nSPS) is 14.0. The maximum Gasteiger partial charge on any atom is 0.171 e. The van der Waals surface area contributed by atoms with Crippen molar-refractivity contribution in [2.24, 2.45) is 5.92 Å². The summed E-state index contributed by atoms with van der Waals surface area (Å²) in [7, 11) is 0. The summed E-state index contributed by atoms with van der Waals surface area (Å²) >= 11 is 11.7. The third-order valence-corrected chi connectivity index (χ3v) is 5.02. The lowest BCUT2D eigenvalue weighted by Gasteiger charge is -2.27. The molecule has 138 valence electrons. The quantitative estimate of drug-likeness (QED) is 0.710. The highest BCUT2D eigenvalue weighted by Gasteiger charge is 2.20. The molecular weight excluding hydrogens is 368 g/mol. The van der Waals surface area contributed by atoms with Crippen LogP contribution >= 0.6 is 23.8 Å². The van der Waals surface area contributed by atoms with Gasteiger partial charge in [0.25, 0.3) is 0 Å². The van der Waals surface area contributed by atoms with Crippen LogP contribution in [0.2, 0.25) is 5.02 Å². The van der Waals surface area contributed by atoms with E-state index in [1.807, 2.05) is 37.3 Å². The van der Waals surface area contributed by atoms with Crippen molar-refractivity contribution in [3.05, 3.63) is 52.5 Å². The Balaban J connectivity index is 1.76. The molecule has 0 bridgehead atoms. The summed E-state index contributed by atoms with van der Waals surface area (Å²) in [5.74, 6) is 1.90. The van der Waals surface area contributed by atoms with Gasteiger partial charge in [-0.3, -0.25) is 0 Å². The molecule has 3 rings (SSSR count). The average Bonchev–Trinajstić information content (AvgIpc) is 2.63. The molecular formula is C20H23ClN2O2S. The van der Waals surface area contributed by atoms with Gasteiger partial charge in [0.1, 0.15) is 13.2 Å². The highest BCUT2D eigenvalue weighted by atomic mass is 35.5. The average molecular weight is 391 g/mol. The molecule has 0 saturated heterocycles. The van der Waals surface area contributed by atoms with Crippen LogP contribution in [-0.2, 0) is 0 Å². The maximum absolute atomic E-state index is 6.19. The molecule has 0 amide bonds. The van der Waals surface area contributed by atoms with Crippen LogP contribution in [0.1, 0.15) is 31.0 Å². The molecule has 2 N–H and O–H groups in total. The Kier molecular flexibility index (Phi) is 5.89. The molecule has 1 aliphatic heterocycles. The topological polar surface area (TPSA) is 42.5 Å². The molecule has 1 atom stereocenters. The molecule has 6 heteroatoms. The molecule has 1 aliphatic rings. The van der Waals surface area contributed by atoms with E-state index >= 15 is 0 Å². The van der Waals surface area contributed by atoms with Crippen molar-refractivity contribution < 1.29 is 9.47 Å². The van der Waals surface area contributed by atoms with Crippen LogP contribution in [0.4, 0.5) is 5.69 Å². The fourth-order valence-electron chi connectivity index (χ4n) is 2.93. The second-order valence-electron chi connectivity index (χ2n) is 6.64. The molecule has 0 spiro atoms. The van der Waals surface area contributed by atoms with Crippen molar-refractivity contribution in [3.63, 3.8) is 0 Å². The van der Waals surface area contributed by atoms with Gasteiger partial charge in [-0.05, 0) is 60.5 Å². The Bertz CT molecular complexity index is 810. The molecule has 0 saturated carbocycles. The van der Waals surface area contributed by atoms with Crippen LogP contribution < -0.4 is 20.1 Å². The summed E-state index contributed by atoms with van der Waals surface area (Å²) in [5, 5.41) is 7.94. The van der Waals surface area contributed by atoms with Gasteiger partial charge in [0.05, 0.1) is 6.04 Å². The van der Waals surface area contributed by atoms with E-state index in [9.17, 15) is 0 Å². The summed E-state index contributed by atoms with van der Waals surface area (Å²) in [5.41, 5.74) is 2.98. The summed E-state index contributed by atoms with van der Waals surface area (Å²) in [6.07, 6.45) is 0. The van der Waals surface area contributed by atoms with E-state index in [-0.39, 0.29) is 6.04 Å². The van der Waals surface area contributed by atoms with Crippen LogP contribution in [-0.4, -0.2) is 18.3 Å². The zero-order valence-corrected chi connectivity index (χ0v) is 16.7. The van der Waals surface area contributed by atoms with Gasteiger partial charge >= 0.3 is 0 Å². The standard InChI is InChI=1S/C20H23ClN2O2S/c1-12(2)19(14-7-8-17-18(11-14)25-10-9-24-17)23-20(26)22-16-6-4-5-15(21)13(16)3/h4-8,11-12,19H,9-10H2,1-3H3,(H2,22,23,26)/t19-/m1/s1. The third-order valence-electron chi connectivity index (χ3n) is 4.39. The number of anilines is 1. The van der Waals surface area contributed by atoms with E-state index in [4.69, 9.17) is 33.3 Å². The van der Waals surface area contributed by atoms with E-state index < -0.39 is 0 Å². The smallest absolute Gasteiger partial charge is 0.171 e. The molecule has 0 unspecified atom stereocenters. The van der Waals surface area contributed by atoms with Crippen molar-refractivity contribution in [1.82, 2.24) is 5.32 Å². The maximum atomic E-state index is 6.19. The Hall–Kier alpha value is -1.98. The number of thiocarbonyl (C=S) groups is 1. The summed E-state index contributed by atoms with van der Waals surface area (Å²) in [4.78, 5) is 0. The van der Waals surface area contributed by atoms with Crippen molar-refractivity contribution >= 4 is 34.6 Å². The molecule has 0 aliphatic carbocycles. The van der Waals surface area contributed by atoms with Crippen molar-refractivity contribution in [2.45, 2.75) is 26.8 Å². The van der Waals surface area contributed by atoms with E-state index in [0.29, 0.717) is 29.3 Å². The predicted molar refractivity (Wildman–Crippen MR) is 111 cm³/mol.